The smallest absolute Gasteiger partial charge is 0.122 e. The quantitative estimate of drug-likeness (QED) is 0.422. The molecule has 0 aromatic rings. The molecule has 0 unspecified atom stereocenters. The van der Waals surface area contributed by atoms with E-state index >= 15 is 0 Å². The number of nitrogens with zero attached hydrogens (tertiary/aromatic N) is 2. The van der Waals surface area contributed by atoms with Gasteiger partial charge in [0.2, 0.25) is 0 Å². The minimum Gasteiger partial charge on any atom is -0.497 e. The maximum absolute atomic E-state index is 5.56. The molecule has 1 fully saturated rings. The zero-order chi connectivity index (χ0) is 11.8. The first-order valence-corrected chi connectivity index (χ1v) is 5.68. The van der Waals surface area contributed by atoms with E-state index in [9.17, 15) is 0 Å². The number of hydrogen-bond donors (Lipinski definition) is 1. The SMILES string of the molecule is C=N/C(N)=C\C=C(/C)OCCN1CCCC1. The number of rotatable bonds is 6. The third-order valence-electron chi connectivity index (χ3n) is 2.61. The topological polar surface area (TPSA) is 50.9 Å². The fourth-order valence-electron chi connectivity index (χ4n) is 1.65. The second-order valence-corrected chi connectivity index (χ2v) is 3.92. The molecule has 0 bridgehead atoms. The van der Waals surface area contributed by atoms with Crippen LogP contribution in [-0.4, -0.2) is 37.9 Å². The van der Waals surface area contributed by atoms with Crippen LogP contribution in [0.25, 0.3) is 0 Å². The van der Waals surface area contributed by atoms with Crippen molar-refractivity contribution in [1.29, 1.82) is 0 Å². The van der Waals surface area contributed by atoms with E-state index in [2.05, 4.69) is 16.6 Å². The average Bonchev–Trinajstić information content (AvgIpc) is 2.79. The molecule has 1 rings (SSSR count). The first kappa shape index (κ1) is 12.8. The monoisotopic (exact) mass is 223 g/mol. The molecule has 90 valence electrons. The summed E-state index contributed by atoms with van der Waals surface area (Å²) in [5.41, 5.74) is 5.47. The first-order valence-electron chi connectivity index (χ1n) is 5.68. The van der Waals surface area contributed by atoms with Crippen LogP contribution in [0.4, 0.5) is 0 Å². The van der Waals surface area contributed by atoms with Gasteiger partial charge in [0.1, 0.15) is 12.4 Å². The molecule has 4 heteroatoms. The molecule has 0 aromatic carbocycles. The highest BCUT2D eigenvalue weighted by atomic mass is 16.5. The second kappa shape index (κ2) is 7.06. The second-order valence-electron chi connectivity index (χ2n) is 3.92. The van der Waals surface area contributed by atoms with Gasteiger partial charge in [-0.2, -0.15) is 0 Å². The van der Waals surface area contributed by atoms with Gasteiger partial charge in [0.05, 0.1) is 5.76 Å². The molecule has 0 spiro atoms. The highest BCUT2D eigenvalue weighted by Crippen LogP contribution is 2.07. The Kier molecular flexibility index (Phi) is 5.64. The number of likely N-dealkylation sites (tertiary alicyclic amines) is 1. The maximum atomic E-state index is 5.56. The van der Waals surface area contributed by atoms with Crippen LogP contribution in [0.15, 0.2) is 28.7 Å². The zero-order valence-electron chi connectivity index (χ0n) is 9.98. The van der Waals surface area contributed by atoms with E-state index in [-0.39, 0.29) is 0 Å². The van der Waals surface area contributed by atoms with E-state index in [4.69, 9.17) is 10.5 Å². The number of hydrogen-bond acceptors (Lipinski definition) is 4. The van der Waals surface area contributed by atoms with Crippen LogP contribution in [0.2, 0.25) is 0 Å². The van der Waals surface area contributed by atoms with Crippen molar-refractivity contribution in [2.24, 2.45) is 10.7 Å². The van der Waals surface area contributed by atoms with Gasteiger partial charge in [0.25, 0.3) is 0 Å². The molecule has 2 N–H and O–H groups in total. The molecule has 0 aromatic heterocycles. The Bertz CT molecular complexity index is 278. The van der Waals surface area contributed by atoms with Crippen molar-refractivity contribution in [2.75, 3.05) is 26.2 Å². The van der Waals surface area contributed by atoms with Gasteiger partial charge in [-0.05, 0) is 51.7 Å². The van der Waals surface area contributed by atoms with Crippen molar-refractivity contribution in [1.82, 2.24) is 4.90 Å². The maximum Gasteiger partial charge on any atom is 0.122 e. The summed E-state index contributed by atoms with van der Waals surface area (Å²) >= 11 is 0. The number of ether oxygens (including phenoxy) is 1. The molecule has 1 heterocycles. The standard InChI is InChI=1S/C12H21N3O/c1-11(5-6-12(13)14-2)16-10-9-15-7-3-4-8-15/h5-6H,2-4,7-10,13H2,1H3/b11-5+,12-6-. The van der Waals surface area contributed by atoms with E-state index in [1.165, 1.54) is 25.9 Å². The molecular formula is C12H21N3O. The third kappa shape index (κ3) is 4.98. The van der Waals surface area contributed by atoms with E-state index < -0.39 is 0 Å². The van der Waals surface area contributed by atoms with Crippen molar-refractivity contribution >= 4 is 6.72 Å². The van der Waals surface area contributed by atoms with Gasteiger partial charge in [-0.3, -0.25) is 4.90 Å². The van der Waals surface area contributed by atoms with Crippen LogP contribution in [-0.2, 0) is 4.74 Å². The average molecular weight is 223 g/mol. The first-order chi connectivity index (χ1) is 7.72. The summed E-state index contributed by atoms with van der Waals surface area (Å²) < 4.78 is 5.56. The predicted octanol–water partition coefficient (Wildman–Crippen LogP) is 1.50. The largest absolute Gasteiger partial charge is 0.497 e. The predicted molar refractivity (Wildman–Crippen MR) is 67.2 cm³/mol. The normalized spacial score (nSPS) is 18.8. The fraction of sp³-hybridized carbons (Fsp3) is 0.583. The summed E-state index contributed by atoms with van der Waals surface area (Å²) in [5, 5.41) is 0. The van der Waals surface area contributed by atoms with Crippen LogP contribution in [0, 0.1) is 0 Å². The van der Waals surface area contributed by atoms with E-state index in [0.29, 0.717) is 5.82 Å². The Balaban J connectivity index is 2.18. The van der Waals surface area contributed by atoms with Gasteiger partial charge in [0.15, 0.2) is 0 Å². The molecule has 0 aliphatic carbocycles. The van der Waals surface area contributed by atoms with E-state index in [1.54, 1.807) is 6.08 Å². The Labute approximate surface area is 97.5 Å². The van der Waals surface area contributed by atoms with Gasteiger partial charge >= 0.3 is 0 Å². The summed E-state index contributed by atoms with van der Waals surface area (Å²) in [6, 6.07) is 0. The molecule has 0 atom stereocenters. The van der Waals surface area contributed by atoms with Crippen LogP contribution in [0.5, 0.6) is 0 Å². The lowest BCUT2D eigenvalue weighted by molar-refractivity contribution is 0.173. The Morgan fingerprint density at radius 3 is 2.75 bits per heavy atom. The summed E-state index contributed by atoms with van der Waals surface area (Å²) in [5.74, 6) is 1.26. The number of aliphatic imine (C=N–C) groups is 1. The third-order valence-corrected chi connectivity index (χ3v) is 2.61. The Morgan fingerprint density at radius 2 is 2.12 bits per heavy atom. The highest BCUT2D eigenvalue weighted by molar-refractivity contribution is 5.29. The molecule has 1 aliphatic rings. The summed E-state index contributed by atoms with van der Waals surface area (Å²) in [6.07, 6.45) is 6.14. The van der Waals surface area contributed by atoms with Crippen LogP contribution in [0.1, 0.15) is 19.8 Å². The van der Waals surface area contributed by atoms with Crippen LogP contribution in [0.3, 0.4) is 0 Å². The van der Waals surface area contributed by atoms with Crippen molar-refractivity contribution in [3.05, 3.63) is 23.7 Å². The lowest BCUT2D eigenvalue weighted by atomic mass is 10.4. The summed E-state index contributed by atoms with van der Waals surface area (Å²) in [4.78, 5) is 6.00. The molecule has 0 saturated carbocycles. The van der Waals surface area contributed by atoms with Crippen LogP contribution < -0.4 is 5.73 Å². The summed E-state index contributed by atoms with van der Waals surface area (Å²) in [7, 11) is 0. The number of nitrogens with two attached hydrogens (primary N) is 1. The zero-order valence-corrected chi connectivity index (χ0v) is 9.98. The highest BCUT2D eigenvalue weighted by Gasteiger charge is 2.10. The molecule has 0 radical (unpaired) electrons. The molecule has 16 heavy (non-hydrogen) atoms. The van der Waals surface area contributed by atoms with Gasteiger partial charge in [0, 0.05) is 6.54 Å². The van der Waals surface area contributed by atoms with Gasteiger partial charge in [-0.25, -0.2) is 4.99 Å². The van der Waals surface area contributed by atoms with Gasteiger partial charge in [-0.15, -0.1) is 0 Å². The van der Waals surface area contributed by atoms with Crippen molar-refractivity contribution < 1.29 is 4.74 Å². The molecule has 4 nitrogen and oxygen atoms in total. The summed E-state index contributed by atoms with van der Waals surface area (Å²) in [6.45, 7) is 9.40. The molecule has 0 amide bonds. The lowest BCUT2D eigenvalue weighted by Crippen LogP contribution is -2.23. The molecule has 1 saturated heterocycles. The van der Waals surface area contributed by atoms with Crippen molar-refractivity contribution in [3.8, 4) is 0 Å². The van der Waals surface area contributed by atoms with E-state index in [1.807, 2.05) is 13.0 Å². The van der Waals surface area contributed by atoms with Crippen molar-refractivity contribution in [2.45, 2.75) is 19.8 Å². The minimum atomic E-state index is 0.405. The lowest BCUT2D eigenvalue weighted by Gasteiger charge is -2.14. The van der Waals surface area contributed by atoms with Gasteiger partial charge < -0.3 is 10.5 Å². The fourth-order valence-corrected chi connectivity index (χ4v) is 1.65. The molecular weight excluding hydrogens is 202 g/mol. The minimum absolute atomic E-state index is 0.405. The Morgan fingerprint density at radius 1 is 1.44 bits per heavy atom. The van der Waals surface area contributed by atoms with Gasteiger partial charge in [-0.1, -0.05) is 0 Å². The van der Waals surface area contributed by atoms with Crippen molar-refractivity contribution in [3.63, 3.8) is 0 Å². The molecule has 1 aliphatic heterocycles. The Hall–Kier alpha value is -1.29. The van der Waals surface area contributed by atoms with E-state index in [0.717, 1.165) is 18.9 Å². The number of allylic oxidation sites excluding steroid dienone is 3. The van der Waals surface area contributed by atoms with Crippen LogP contribution >= 0.6 is 0 Å².